The van der Waals surface area contributed by atoms with Gasteiger partial charge in [0.15, 0.2) is 0 Å². The van der Waals surface area contributed by atoms with Crippen molar-refractivity contribution in [2.45, 2.75) is 0 Å². The fourth-order valence-electron chi connectivity index (χ4n) is 2.71. The third kappa shape index (κ3) is 3.81. The second-order valence-corrected chi connectivity index (χ2v) is 7.17. The number of hydrogen-bond acceptors (Lipinski definition) is 4. The summed E-state index contributed by atoms with van der Waals surface area (Å²) in [5.74, 6) is -2.02. The van der Waals surface area contributed by atoms with Gasteiger partial charge in [0.2, 0.25) is 5.95 Å². The van der Waals surface area contributed by atoms with Gasteiger partial charge < -0.3 is 5.32 Å². The molecule has 0 aliphatic rings. The van der Waals surface area contributed by atoms with Crippen LogP contribution in [0.3, 0.4) is 0 Å². The Bertz CT molecular complexity index is 1230. The Kier molecular flexibility index (Phi) is 5.21. The molecule has 0 aliphatic heterocycles. The zero-order valence-corrected chi connectivity index (χ0v) is 16.8. The van der Waals surface area contributed by atoms with Crippen LogP contribution < -0.4 is 5.32 Å². The Morgan fingerprint density at radius 3 is 2.59 bits per heavy atom. The van der Waals surface area contributed by atoms with E-state index in [1.54, 1.807) is 18.3 Å². The number of benzene rings is 2. The maximum Gasteiger partial charge on any atom is 0.260 e. The van der Waals surface area contributed by atoms with E-state index in [0.717, 1.165) is 6.07 Å². The number of anilines is 1. The van der Waals surface area contributed by atoms with Gasteiger partial charge >= 0.3 is 0 Å². The number of fused-ring (bicyclic) bond motifs is 1. The van der Waals surface area contributed by atoms with E-state index in [1.165, 1.54) is 30.5 Å². The number of amides is 1. The molecule has 144 valence electrons. The molecule has 1 amide bonds. The topological polar surface area (TPSA) is 67.8 Å². The van der Waals surface area contributed by atoms with Gasteiger partial charge in [-0.2, -0.15) is 4.39 Å². The average molecular weight is 476 g/mol. The number of hydrogen-bond donors (Lipinski definition) is 1. The van der Waals surface area contributed by atoms with Crippen LogP contribution in [0.15, 0.2) is 59.3 Å². The van der Waals surface area contributed by atoms with Crippen LogP contribution in [0.25, 0.3) is 22.3 Å². The lowest BCUT2D eigenvalue weighted by atomic mass is 10.1. The van der Waals surface area contributed by atoms with Crippen LogP contribution in [-0.4, -0.2) is 20.9 Å². The van der Waals surface area contributed by atoms with Gasteiger partial charge in [-0.3, -0.25) is 9.78 Å². The molecule has 0 saturated heterocycles. The highest BCUT2D eigenvalue weighted by atomic mass is 79.9. The van der Waals surface area contributed by atoms with Crippen molar-refractivity contribution < 1.29 is 13.6 Å². The van der Waals surface area contributed by atoms with Crippen molar-refractivity contribution in [2.24, 2.45) is 0 Å². The summed E-state index contributed by atoms with van der Waals surface area (Å²) < 4.78 is 27.5. The van der Waals surface area contributed by atoms with Gasteiger partial charge in [-0.1, -0.05) is 17.7 Å². The number of carbonyl (C=O) groups is 1. The minimum Gasteiger partial charge on any atom is -0.321 e. The molecular formula is C20H10BrClF2N4O. The summed E-state index contributed by atoms with van der Waals surface area (Å²) in [5.41, 5.74) is 2.21. The molecule has 29 heavy (non-hydrogen) atoms. The standard InChI is InChI=1S/C20H10BrClF2N4O/c21-18-13(28-20(29)17-11(22)2-1-3-12(17)23)5-6-14-19(18)27-15(9-25-14)10-4-7-16(24)26-8-10/h1-9H,(H,28,29). The van der Waals surface area contributed by atoms with E-state index in [4.69, 9.17) is 11.6 Å². The maximum atomic E-state index is 14.0. The summed E-state index contributed by atoms with van der Waals surface area (Å²) in [6, 6.07) is 10.1. The molecular weight excluding hydrogens is 466 g/mol. The second kappa shape index (κ2) is 7.81. The van der Waals surface area contributed by atoms with E-state index in [2.05, 4.69) is 36.2 Å². The number of nitrogens with one attached hydrogen (secondary N) is 1. The highest BCUT2D eigenvalue weighted by Crippen LogP contribution is 2.32. The van der Waals surface area contributed by atoms with Gasteiger partial charge in [0.25, 0.3) is 5.91 Å². The molecule has 2 aromatic carbocycles. The number of halogens is 4. The van der Waals surface area contributed by atoms with E-state index < -0.39 is 17.7 Å². The minimum absolute atomic E-state index is 0.00491. The van der Waals surface area contributed by atoms with Crippen molar-refractivity contribution in [3.8, 4) is 11.3 Å². The fourth-order valence-corrected chi connectivity index (χ4v) is 3.48. The Morgan fingerprint density at radius 1 is 1.03 bits per heavy atom. The fraction of sp³-hybridized carbons (Fsp3) is 0. The first-order valence-corrected chi connectivity index (χ1v) is 9.43. The smallest absolute Gasteiger partial charge is 0.260 e. The van der Waals surface area contributed by atoms with Crippen LogP contribution in [0.5, 0.6) is 0 Å². The average Bonchev–Trinajstić information content (AvgIpc) is 2.70. The molecule has 0 atom stereocenters. The zero-order chi connectivity index (χ0) is 20.5. The molecule has 2 aromatic heterocycles. The molecule has 0 spiro atoms. The molecule has 0 bridgehead atoms. The molecule has 1 N–H and O–H groups in total. The van der Waals surface area contributed by atoms with Crippen molar-refractivity contribution in [3.63, 3.8) is 0 Å². The van der Waals surface area contributed by atoms with Gasteiger partial charge in [0, 0.05) is 11.8 Å². The van der Waals surface area contributed by atoms with Crippen molar-refractivity contribution in [2.75, 3.05) is 5.32 Å². The van der Waals surface area contributed by atoms with Gasteiger partial charge in [0.05, 0.1) is 38.2 Å². The van der Waals surface area contributed by atoms with Crippen molar-refractivity contribution in [3.05, 3.63) is 81.7 Å². The Labute approximate surface area is 176 Å². The van der Waals surface area contributed by atoms with Crippen LogP contribution in [-0.2, 0) is 0 Å². The molecule has 0 radical (unpaired) electrons. The predicted octanol–water partition coefficient (Wildman–Crippen LogP) is 5.64. The van der Waals surface area contributed by atoms with E-state index in [1.807, 2.05) is 0 Å². The van der Waals surface area contributed by atoms with E-state index in [0.29, 0.717) is 32.5 Å². The number of carbonyl (C=O) groups excluding carboxylic acids is 1. The third-order valence-corrected chi connectivity index (χ3v) is 5.23. The summed E-state index contributed by atoms with van der Waals surface area (Å²) >= 11 is 9.38. The number of pyridine rings is 1. The quantitative estimate of drug-likeness (QED) is 0.390. The SMILES string of the molecule is O=C(Nc1ccc2ncc(-c3ccc(F)nc3)nc2c1Br)c1c(F)cccc1Cl. The molecule has 5 nitrogen and oxygen atoms in total. The predicted molar refractivity (Wildman–Crippen MR) is 110 cm³/mol. The Hall–Kier alpha value is -2.97. The number of aromatic nitrogens is 3. The highest BCUT2D eigenvalue weighted by molar-refractivity contribution is 9.10. The van der Waals surface area contributed by atoms with Gasteiger partial charge in [0.1, 0.15) is 11.3 Å². The van der Waals surface area contributed by atoms with Crippen molar-refractivity contribution in [1.29, 1.82) is 0 Å². The second-order valence-electron chi connectivity index (χ2n) is 5.97. The first-order valence-electron chi connectivity index (χ1n) is 8.26. The maximum absolute atomic E-state index is 14.0. The monoisotopic (exact) mass is 474 g/mol. The van der Waals surface area contributed by atoms with Gasteiger partial charge in [-0.15, -0.1) is 0 Å². The molecule has 0 fully saturated rings. The zero-order valence-electron chi connectivity index (χ0n) is 14.5. The Balaban J connectivity index is 1.73. The minimum atomic E-state index is -0.724. The normalized spacial score (nSPS) is 10.9. The summed E-state index contributed by atoms with van der Waals surface area (Å²) in [6.07, 6.45) is 2.89. The van der Waals surface area contributed by atoms with Crippen molar-refractivity contribution >= 4 is 50.2 Å². The molecule has 9 heteroatoms. The lowest BCUT2D eigenvalue weighted by Crippen LogP contribution is -2.15. The van der Waals surface area contributed by atoms with Gasteiger partial charge in [-0.25, -0.2) is 14.4 Å². The lowest BCUT2D eigenvalue weighted by molar-refractivity contribution is 0.102. The molecule has 4 rings (SSSR count). The number of rotatable bonds is 3. The van der Waals surface area contributed by atoms with Crippen LogP contribution in [0.4, 0.5) is 14.5 Å². The lowest BCUT2D eigenvalue weighted by Gasteiger charge is -2.11. The molecule has 0 saturated carbocycles. The summed E-state index contributed by atoms with van der Waals surface area (Å²) in [5, 5.41) is 2.63. The van der Waals surface area contributed by atoms with Crippen LogP contribution in [0.1, 0.15) is 10.4 Å². The summed E-state index contributed by atoms with van der Waals surface area (Å²) in [6.45, 7) is 0. The molecule has 0 aliphatic carbocycles. The van der Waals surface area contributed by atoms with Crippen LogP contribution >= 0.6 is 27.5 Å². The van der Waals surface area contributed by atoms with Crippen LogP contribution in [0, 0.1) is 11.8 Å². The van der Waals surface area contributed by atoms with E-state index in [-0.39, 0.29) is 10.6 Å². The number of nitrogens with zero attached hydrogens (tertiary/aromatic N) is 3. The first kappa shape index (κ1) is 19.4. The summed E-state index contributed by atoms with van der Waals surface area (Å²) in [4.78, 5) is 25.0. The van der Waals surface area contributed by atoms with E-state index in [9.17, 15) is 13.6 Å². The van der Waals surface area contributed by atoms with E-state index >= 15 is 0 Å². The third-order valence-electron chi connectivity index (χ3n) is 4.11. The molecule has 0 unspecified atom stereocenters. The molecule has 2 heterocycles. The summed E-state index contributed by atoms with van der Waals surface area (Å²) in [7, 11) is 0. The highest BCUT2D eigenvalue weighted by Gasteiger charge is 2.18. The molecule has 4 aromatic rings. The van der Waals surface area contributed by atoms with Crippen molar-refractivity contribution in [1.82, 2.24) is 15.0 Å². The first-order chi connectivity index (χ1) is 13.9. The van der Waals surface area contributed by atoms with Crippen LogP contribution in [0.2, 0.25) is 5.02 Å². The van der Waals surface area contributed by atoms with Gasteiger partial charge in [-0.05, 0) is 52.3 Å². The Morgan fingerprint density at radius 2 is 1.86 bits per heavy atom. The largest absolute Gasteiger partial charge is 0.321 e.